The standard InChI is InChI=1S/C6H11F2O8P/c7-5(8)4-2(10)1(9)3(11)6(15-4)16-17(12,13)14/h1-6,9-11H,(H2,12,13,14). The van der Waals surface area contributed by atoms with E-state index in [4.69, 9.17) is 14.9 Å². The molecule has 0 amide bonds. The summed E-state index contributed by atoms with van der Waals surface area (Å²) in [7, 11) is -5.10. The minimum atomic E-state index is -5.10. The smallest absolute Gasteiger partial charge is 0.387 e. The number of alkyl halides is 2. The largest absolute Gasteiger partial charge is 0.472 e. The van der Waals surface area contributed by atoms with E-state index in [1.54, 1.807) is 0 Å². The van der Waals surface area contributed by atoms with Gasteiger partial charge in [0.05, 0.1) is 0 Å². The molecule has 0 aromatic rings. The molecule has 1 aliphatic rings. The van der Waals surface area contributed by atoms with Crippen LogP contribution in [0, 0.1) is 0 Å². The SMILES string of the molecule is O=P(O)(O)OC1OC(C(F)F)C(O)C(O)C1O. The van der Waals surface area contributed by atoms with Crippen LogP contribution in [0.25, 0.3) is 0 Å². The zero-order chi connectivity index (χ0) is 13.4. The number of hydrogen-bond acceptors (Lipinski definition) is 6. The lowest BCUT2D eigenvalue weighted by Gasteiger charge is -2.39. The Labute approximate surface area is 93.6 Å². The molecule has 8 nitrogen and oxygen atoms in total. The van der Waals surface area contributed by atoms with Crippen molar-refractivity contribution in [3.63, 3.8) is 0 Å². The minimum Gasteiger partial charge on any atom is -0.387 e. The molecule has 102 valence electrons. The Morgan fingerprint density at radius 2 is 1.65 bits per heavy atom. The molecule has 5 atom stereocenters. The summed E-state index contributed by atoms with van der Waals surface area (Å²) in [6.45, 7) is 0. The lowest BCUT2D eigenvalue weighted by atomic mass is 9.99. The van der Waals surface area contributed by atoms with Crippen molar-refractivity contribution < 1.29 is 47.7 Å². The van der Waals surface area contributed by atoms with Gasteiger partial charge in [-0.1, -0.05) is 0 Å². The van der Waals surface area contributed by atoms with Crippen molar-refractivity contribution in [2.75, 3.05) is 0 Å². The second kappa shape index (κ2) is 5.21. The van der Waals surface area contributed by atoms with Gasteiger partial charge >= 0.3 is 7.82 Å². The third-order valence-corrected chi connectivity index (χ3v) is 2.58. The normalized spacial score (nSPS) is 39.6. The molecule has 0 aromatic heterocycles. The summed E-state index contributed by atoms with van der Waals surface area (Å²) >= 11 is 0. The first-order valence-electron chi connectivity index (χ1n) is 4.35. The summed E-state index contributed by atoms with van der Waals surface area (Å²) in [5, 5.41) is 27.5. The van der Waals surface area contributed by atoms with Crippen LogP contribution in [0.4, 0.5) is 8.78 Å². The van der Waals surface area contributed by atoms with Crippen LogP contribution in [0.15, 0.2) is 0 Å². The first kappa shape index (κ1) is 14.9. The predicted octanol–water partition coefficient (Wildman–Crippen LogP) is -1.83. The van der Waals surface area contributed by atoms with Gasteiger partial charge in [-0.05, 0) is 0 Å². The molecule has 0 spiro atoms. The fourth-order valence-corrected chi connectivity index (χ4v) is 1.75. The first-order chi connectivity index (χ1) is 7.63. The molecule has 0 aliphatic carbocycles. The molecule has 0 aromatic carbocycles. The molecular formula is C6H11F2O8P. The van der Waals surface area contributed by atoms with Gasteiger partial charge in [0.2, 0.25) is 0 Å². The highest BCUT2D eigenvalue weighted by Crippen LogP contribution is 2.41. The van der Waals surface area contributed by atoms with Crippen molar-refractivity contribution in [2.24, 2.45) is 0 Å². The van der Waals surface area contributed by atoms with E-state index in [1.807, 2.05) is 0 Å². The van der Waals surface area contributed by atoms with Crippen molar-refractivity contribution in [3.8, 4) is 0 Å². The van der Waals surface area contributed by atoms with Crippen molar-refractivity contribution in [1.29, 1.82) is 0 Å². The molecule has 0 bridgehead atoms. The van der Waals surface area contributed by atoms with Crippen LogP contribution in [0.1, 0.15) is 0 Å². The summed E-state index contributed by atoms with van der Waals surface area (Å²) < 4.78 is 43.3. The molecule has 1 rings (SSSR count). The summed E-state index contributed by atoms with van der Waals surface area (Å²) in [4.78, 5) is 16.9. The lowest BCUT2D eigenvalue weighted by Crippen LogP contribution is -2.59. The maximum atomic E-state index is 12.4. The highest BCUT2D eigenvalue weighted by atomic mass is 31.2. The van der Waals surface area contributed by atoms with Crippen molar-refractivity contribution in [3.05, 3.63) is 0 Å². The predicted molar refractivity (Wildman–Crippen MR) is 45.8 cm³/mol. The van der Waals surface area contributed by atoms with Gasteiger partial charge in [0, 0.05) is 0 Å². The van der Waals surface area contributed by atoms with Crippen LogP contribution in [0.2, 0.25) is 0 Å². The van der Waals surface area contributed by atoms with Gasteiger partial charge in [-0.2, -0.15) is 0 Å². The number of halogens is 2. The zero-order valence-electron chi connectivity index (χ0n) is 8.13. The number of rotatable bonds is 3. The minimum absolute atomic E-state index is 2.06. The van der Waals surface area contributed by atoms with Gasteiger partial charge in [-0.25, -0.2) is 13.3 Å². The van der Waals surface area contributed by atoms with Crippen molar-refractivity contribution in [2.45, 2.75) is 37.1 Å². The highest BCUT2D eigenvalue weighted by Gasteiger charge is 2.49. The quantitative estimate of drug-likeness (QED) is 0.381. The van der Waals surface area contributed by atoms with E-state index in [0.29, 0.717) is 0 Å². The first-order valence-corrected chi connectivity index (χ1v) is 5.88. The highest BCUT2D eigenvalue weighted by molar-refractivity contribution is 7.46. The van der Waals surface area contributed by atoms with Crippen LogP contribution in [0.5, 0.6) is 0 Å². The molecule has 1 saturated heterocycles. The van der Waals surface area contributed by atoms with E-state index in [9.17, 15) is 23.6 Å². The third kappa shape index (κ3) is 3.63. The van der Waals surface area contributed by atoms with Gasteiger partial charge in [-0.15, -0.1) is 0 Å². The van der Waals surface area contributed by atoms with Gasteiger partial charge in [0.1, 0.15) is 24.4 Å². The molecule has 0 radical (unpaired) electrons. The Hall–Kier alpha value is -0.190. The van der Waals surface area contributed by atoms with E-state index < -0.39 is 45.0 Å². The Bertz CT molecular complexity index is 308. The van der Waals surface area contributed by atoms with Gasteiger partial charge < -0.3 is 29.8 Å². The molecule has 1 heterocycles. The Kier molecular flexibility index (Phi) is 4.55. The van der Waals surface area contributed by atoms with Gasteiger partial charge in [0.15, 0.2) is 6.29 Å². The number of ether oxygens (including phenoxy) is 1. The van der Waals surface area contributed by atoms with Crippen LogP contribution in [0.3, 0.4) is 0 Å². The number of phosphoric ester groups is 1. The van der Waals surface area contributed by atoms with Crippen molar-refractivity contribution >= 4 is 7.82 Å². The average molecular weight is 280 g/mol. The number of aliphatic hydroxyl groups is 3. The maximum Gasteiger partial charge on any atom is 0.472 e. The molecule has 0 saturated carbocycles. The van der Waals surface area contributed by atoms with Gasteiger partial charge in [0.25, 0.3) is 6.43 Å². The number of aliphatic hydroxyl groups excluding tert-OH is 3. The van der Waals surface area contributed by atoms with E-state index in [1.165, 1.54) is 0 Å². The van der Waals surface area contributed by atoms with E-state index in [-0.39, 0.29) is 0 Å². The Balaban J connectivity index is 2.82. The molecule has 1 fully saturated rings. The Morgan fingerprint density at radius 3 is 2.06 bits per heavy atom. The molecule has 5 N–H and O–H groups in total. The molecule has 5 unspecified atom stereocenters. The van der Waals surface area contributed by atoms with Crippen LogP contribution in [-0.4, -0.2) is 62.2 Å². The average Bonchev–Trinajstić information content (AvgIpc) is 2.16. The fraction of sp³-hybridized carbons (Fsp3) is 1.00. The third-order valence-electron chi connectivity index (χ3n) is 2.10. The monoisotopic (exact) mass is 280 g/mol. The van der Waals surface area contributed by atoms with E-state index in [2.05, 4.69) is 9.26 Å². The fourth-order valence-electron chi connectivity index (χ4n) is 1.30. The number of phosphoric acid groups is 1. The second-order valence-electron chi connectivity index (χ2n) is 3.37. The summed E-state index contributed by atoms with van der Waals surface area (Å²) in [5.41, 5.74) is 0. The molecular weight excluding hydrogens is 269 g/mol. The maximum absolute atomic E-state index is 12.4. The second-order valence-corrected chi connectivity index (χ2v) is 4.56. The van der Waals surface area contributed by atoms with Gasteiger partial charge in [-0.3, -0.25) is 4.52 Å². The van der Waals surface area contributed by atoms with E-state index >= 15 is 0 Å². The molecule has 11 heteroatoms. The van der Waals surface area contributed by atoms with Crippen LogP contribution in [-0.2, 0) is 13.8 Å². The van der Waals surface area contributed by atoms with Crippen LogP contribution >= 0.6 is 7.82 Å². The molecule has 1 aliphatic heterocycles. The summed E-state index contributed by atoms with van der Waals surface area (Å²) in [5.74, 6) is 0. The molecule has 17 heavy (non-hydrogen) atoms. The summed E-state index contributed by atoms with van der Waals surface area (Å²) in [6.07, 6.45) is -13.8. The van der Waals surface area contributed by atoms with Crippen molar-refractivity contribution in [1.82, 2.24) is 0 Å². The topological polar surface area (TPSA) is 137 Å². The number of hydrogen-bond donors (Lipinski definition) is 5. The van der Waals surface area contributed by atoms with E-state index in [0.717, 1.165) is 0 Å². The zero-order valence-corrected chi connectivity index (χ0v) is 9.02. The van der Waals surface area contributed by atoms with Crippen LogP contribution < -0.4 is 0 Å². The summed E-state index contributed by atoms with van der Waals surface area (Å²) in [6, 6.07) is 0. The Morgan fingerprint density at radius 1 is 1.12 bits per heavy atom. The lowest BCUT2D eigenvalue weighted by molar-refractivity contribution is -0.295.